The van der Waals surface area contributed by atoms with E-state index in [0.717, 1.165) is 18.6 Å². The minimum atomic E-state index is -4.41. The number of pyridine rings is 1. The van der Waals surface area contributed by atoms with Crippen LogP contribution in [0.5, 0.6) is 0 Å². The molecular weight excluding hydrogens is 331 g/mol. The Morgan fingerprint density at radius 3 is 2.60 bits per heavy atom. The average Bonchev–Trinajstić information content (AvgIpc) is 2.54. The first-order chi connectivity index (χ1) is 11.8. The molecule has 1 aromatic heterocycles. The number of amides is 1. The number of aromatic nitrogens is 1. The highest BCUT2D eigenvalue weighted by atomic mass is 19.4. The highest BCUT2D eigenvalue weighted by Gasteiger charge is 2.30. The van der Waals surface area contributed by atoms with Crippen LogP contribution in [0.4, 0.5) is 24.5 Å². The summed E-state index contributed by atoms with van der Waals surface area (Å²) in [7, 11) is 0. The van der Waals surface area contributed by atoms with Gasteiger partial charge in [0.05, 0.1) is 23.0 Å². The Morgan fingerprint density at radius 2 is 1.92 bits per heavy atom. The van der Waals surface area contributed by atoms with Gasteiger partial charge in [0.1, 0.15) is 0 Å². The van der Waals surface area contributed by atoms with E-state index in [1.165, 1.54) is 24.5 Å². The predicted molar refractivity (Wildman–Crippen MR) is 90.8 cm³/mol. The molecule has 1 heterocycles. The molecule has 0 aliphatic heterocycles. The molecule has 0 unspecified atom stereocenters. The normalized spacial score (nSPS) is 11.4. The highest BCUT2D eigenvalue weighted by molar-refractivity contribution is 5.94. The molecule has 0 saturated heterocycles. The Morgan fingerprint density at radius 1 is 1.16 bits per heavy atom. The molecule has 0 aliphatic carbocycles. The second kappa shape index (κ2) is 8.00. The summed E-state index contributed by atoms with van der Waals surface area (Å²) in [4.78, 5) is 16.1. The SMILES string of the molecule is CC(C)CCNC(=O)c1cncc(Nc2cccc(C(F)(F)F)c2)c1. The fourth-order valence-electron chi connectivity index (χ4n) is 2.15. The second-order valence-electron chi connectivity index (χ2n) is 6.10. The van der Waals surface area contributed by atoms with Crippen molar-refractivity contribution in [3.05, 3.63) is 53.9 Å². The molecule has 0 saturated carbocycles. The lowest BCUT2D eigenvalue weighted by molar-refractivity contribution is -0.137. The fraction of sp³-hybridized carbons (Fsp3) is 0.333. The van der Waals surface area contributed by atoms with E-state index in [1.807, 2.05) is 0 Å². The Hall–Kier alpha value is -2.57. The lowest BCUT2D eigenvalue weighted by atomic mass is 10.1. The second-order valence-corrected chi connectivity index (χ2v) is 6.10. The molecule has 2 aromatic rings. The third-order valence-electron chi connectivity index (χ3n) is 3.49. The van der Waals surface area contributed by atoms with Crippen molar-refractivity contribution < 1.29 is 18.0 Å². The van der Waals surface area contributed by atoms with Crippen LogP contribution >= 0.6 is 0 Å². The number of halogens is 3. The van der Waals surface area contributed by atoms with E-state index < -0.39 is 11.7 Å². The van der Waals surface area contributed by atoms with Crippen molar-refractivity contribution in [2.24, 2.45) is 5.92 Å². The number of alkyl halides is 3. The van der Waals surface area contributed by atoms with Crippen LogP contribution in [-0.2, 0) is 6.18 Å². The van der Waals surface area contributed by atoms with Gasteiger partial charge in [0, 0.05) is 18.4 Å². The maximum Gasteiger partial charge on any atom is 0.416 e. The van der Waals surface area contributed by atoms with E-state index in [4.69, 9.17) is 0 Å². The molecule has 7 heteroatoms. The lowest BCUT2D eigenvalue weighted by Gasteiger charge is -2.11. The molecule has 2 N–H and O–H groups in total. The minimum absolute atomic E-state index is 0.263. The Labute approximate surface area is 144 Å². The largest absolute Gasteiger partial charge is 0.416 e. The van der Waals surface area contributed by atoms with Gasteiger partial charge in [-0.3, -0.25) is 9.78 Å². The standard InChI is InChI=1S/C18H20F3N3O/c1-12(2)6-7-23-17(25)13-8-16(11-22-10-13)24-15-5-3-4-14(9-15)18(19,20)21/h3-5,8-12,24H,6-7H2,1-2H3,(H,23,25). The van der Waals surface area contributed by atoms with Crippen LogP contribution in [0.2, 0.25) is 0 Å². The van der Waals surface area contributed by atoms with Crippen LogP contribution in [0.15, 0.2) is 42.7 Å². The zero-order chi connectivity index (χ0) is 18.4. The Bertz CT molecular complexity index is 730. The number of nitrogens with zero attached hydrogens (tertiary/aromatic N) is 1. The monoisotopic (exact) mass is 351 g/mol. The van der Waals surface area contributed by atoms with Gasteiger partial charge in [0.15, 0.2) is 0 Å². The van der Waals surface area contributed by atoms with Crippen LogP contribution in [0.1, 0.15) is 36.2 Å². The van der Waals surface area contributed by atoms with Crippen molar-refractivity contribution in [3.8, 4) is 0 Å². The smallest absolute Gasteiger partial charge is 0.354 e. The van der Waals surface area contributed by atoms with Crippen LogP contribution in [0.3, 0.4) is 0 Å². The molecular formula is C18H20F3N3O. The number of nitrogens with one attached hydrogen (secondary N) is 2. The molecule has 4 nitrogen and oxygen atoms in total. The lowest BCUT2D eigenvalue weighted by Crippen LogP contribution is -2.25. The number of benzene rings is 1. The first-order valence-electron chi connectivity index (χ1n) is 7.93. The third-order valence-corrected chi connectivity index (χ3v) is 3.49. The summed E-state index contributed by atoms with van der Waals surface area (Å²) in [6.07, 6.45) is -0.678. The van der Waals surface area contributed by atoms with Crippen molar-refractivity contribution in [1.29, 1.82) is 0 Å². The summed E-state index contributed by atoms with van der Waals surface area (Å²) >= 11 is 0. The van der Waals surface area contributed by atoms with Gasteiger partial charge >= 0.3 is 6.18 Å². The summed E-state index contributed by atoms with van der Waals surface area (Å²) < 4.78 is 38.3. The van der Waals surface area contributed by atoms with Crippen LogP contribution < -0.4 is 10.6 Å². The zero-order valence-corrected chi connectivity index (χ0v) is 14.0. The maximum absolute atomic E-state index is 12.8. The summed E-state index contributed by atoms with van der Waals surface area (Å²) in [5, 5.41) is 5.64. The first kappa shape index (κ1) is 18.8. The third kappa shape index (κ3) is 5.77. The van der Waals surface area contributed by atoms with Gasteiger partial charge in [-0.15, -0.1) is 0 Å². The molecule has 0 atom stereocenters. The van der Waals surface area contributed by atoms with Crippen molar-refractivity contribution in [2.75, 3.05) is 11.9 Å². The number of rotatable bonds is 6. The van der Waals surface area contributed by atoms with E-state index in [1.54, 1.807) is 6.07 Å². The molecule has 0 aliphatic rings. The van der Waals surface area contributed by atoms with Gasteiger partial charge in [-0.05, 0) is 36.6 Å². The summed E-state index contributed by atoms with van der Waals surface area (Å²) in [6.45, 7) is 4.68. The fourth-order valence-corrected chi connectivity index (χ4v) is 2.15. The van der Waals surface area contributed by atoms with Crippen LogP contribution in [0.25, 0.3) is 0 Å². The first-order valence-corrected chi connectivity index (χ1v) is 7.93. The van der Waals surface area contributed by atoms with E-state index in [-0.39, 0.29) is 11.6 Å². The van der Waals surface area contributed by atoms with Crippen molar-refractivity contribution >= 4 is 17.3 Å². The van der Waals surface area contributed by atoms with E-state index in [2.05, 4.69) is 29.5 Å². The number of carbonyl (C=O) groups excluding carboxylic acids is 1. The topological polar surface area (TPSA) is 54.0 Å². The number of hydrogen-bond donors (Lipinski definition) is 2. The van der Waals surface area contributed by atoms with Gasteiger partial charge in [-0.2, -0.15) is 13.2 Å². The number of carbonyl (C=O) groups is 1. The molecule has 0 bridgehead atoms. The molecule has 1 amide bonds. The minimum Gasteiger partial charge on any atom is -0.354 e. The zero-order valence-electron chi connectivity index (χ0n) is 14.0. The molecule has 0 spiro atoms. The summed E-state index contributed by atoms with van der Waals surface area (Å²) in [5.74, 6) is 0.216. The predicted octanol–water partition coefficient (Wildman–Crippen LogP) is 4.62. The average molecular weight is 351 g/mol. The Kier molecular flexibility index (Phi) is 6.01. The van der Waals surface area contributed by atoms with Crippen molar-refractivity contribution in [3.63, 3.8) is 0 Å². The van der Waals surface area contributed by atoms with Gasteiger partial charge in [0.2, 0.25) is 0 Å². The summed E-state index contributed by atoms with van der Waals surface area (Å²) in [5.41, 5.74) is 0.318. The van der Waals surface area contributed by atoms with Crippen LogP contribution in [0, 0.1) is 5.92 Å². The summed E-state index contributed by atoms with van der Waals surface area (Å²) in [6, 6.07) is 6.40. The van der Waals surface area contributed by atoms with Crippen LogP contribution in [-0.4, -0.2) is 17.4 Å². The van der Waals surface area contributed by atoms with E-state index in [0.29, 0.717) is 23.7 Å². The number of hydrogen-bond acceptors (Lipinski definition) is 3. The van der Waals surface area contributed by atoms with Crippen molar-refractivity contribution in [1.82, 2.24) is 10.3 Å². The van der Waals surface area contributed by atoms with E-state index >= 15 is 0 Å². The quantitative estimate of drug-likeness (QED) is 0.798. The van der Waals surface area contributed by atoms with Gasteiger partial charge in [-0.25, -0.2) is 0 Å². The Balaban J connectivity index is 2.08. The molecule has 0 radical (unpaired) electrons. The molecule has 134 valence electrons. The van der Waals surface area contributed by atoms with Gasteiger partial charge in [0.25, 0.3) is 5.91 Å². The number of anilines is 2. The maximum atomic E-state index is 12.8. The molecule has 25 heavy (non-hydrogen) atoms. The van der Waals surface area contributed by atoms with Gasteiger partial charge < -0.3 is 10.6 Å². The molecule has 2 rings (SSSR count). The molecule has 0 fully saturated rings. The molecule has 1 aromatic carbocycles. The van der Waals surface area contributed by atoms with Gasteiger partial charge in [-0.1, -0.05) is 19.9 Å². The van der Waals surface area contributed by atoms with E-state index in [9.17, 15) is 18.0 Å². The highest BCUT2D eigenvalue weighted by Crippen LogP contribution is 2.31. The van der Waals surface area contributed by atoms with Crippen molar-refractivity contribution in [2.45, 2.75) is 26.4 Å².